The van der Waals surface area contributed by atoms with Crippen molar-refractivity contribution in [2.24, 2.45) is 0 Å². The molecule has 0 saturated carbocycles. The number of nitrogens with zero attached hydrogens (tertiary/aromatic N) is 4. The van der Waals surface area contributed by atoms with Crippen LogP contribution in [0, 0.1) is 6.92 Å². The van der Waals surface area contributed by atoms with E-state index in [1.807, 2.05) is 25.3 Å². The van der Waals surface area contributed by atoms with Crippen LogP contribution >= 0.6 is 11.6 Å². The van der Waals surface area contributed by atoms with Crippen LogP contribution in [0.15, 0.2) is 18.3 Å². The number of nitrogens with two attached hydrogens (primary N) is 1. The van der Waals surface area contributed by atoms with E-state index < -0.39 is 0 Å². The molecule has 0 aliphatic carbocycles. The second-order valence-corrected chi connectivity index (χ2v) is 5.43. The molecule has 0 saturated heterocycles. The number of nitrogen functional groups attached to an aromatic ring is 1. The standard InChI is InChI=1S/C14H16ClN5/c1-9-10(2-3-13(15)18-9)7-20-5-4-12-11(8-20)6-17-14(16)19-12/h2-3,6H,4-5,7-8H2,1H3,(H2,16,17,19). The fourth-order valence-electron chi connectivity index (χ4n) is 2.49. The highest BCUT2D eigenvalue weighted by molar-refractivity contribution is 6.29. The minimum Gasteiger partial charge on any atom is -0.368 e. The monoisotopic (exact) mass is 289 g/mol. The molecule has 3 rings (SSSR count). The fourth-order valence-corrected chi connectivity index (χ4v) is 2.68. The van der Waals surface area contributed by atoms with Gasteiger partial charge in [-0.25, -0.2) is 15.0 Å². The van der Waals surface area contributed by atoms with Crippen LogP contribution < -0.4 is 5.73 Å². The molecule has 0 bridgehead atoms. The molecule has 0 unspecified atom stereocenters. The summed E-state index contributed by atoms with van der Waals surface area (Å²) in [6, 6.07) is 3.88. The van der Waals surface area contributed by atoms with Gasteiger partial charge in [0.2, 0.25) is 5.95 Å². The Hall–Kier alpha value is -1.72. The van der Waals surface area contributed by atoms with Gasteiger partial charge in [0.1, 0.15) is 5.15 Å². The number of halogens is 1. The minimum atomic E-state index is 0.356. The molecule has 20 heavy (non-hydrogen) atoms. The van der Waals surface area contributed by atoms with Crippen molar-refractivity contribution in [3.05, 3.63) is 46.0 Å². The maximum absolute atomic E-state index is 5.89. The molecule has 3 heterocycles. The van der Waals surface area contributed by atoms with E-state index in [2.05, 4.69) is 19.9 Å². The van der Waals surface area contributed by atoms with Crippen molar-refractivity contribution in [1.29, 1.82) is 0 Å². The Bertz CT molecular complexity index is 643. The molecular weight excluding hydrogens is 274 g/mol. The summed E-state index contributed by atoms with van der Waals surface area (Å²) in [7, 11) is 0. The van der Waals surface area contributed by atoms with Crippen LogP contribution in [-0.2, 0) is 19.5 Å². The first-order chi connectivity index (χ1) is 9.61. The van der Waals surface area contributed by atoms with Gasteiger partial charge in [0, 0.05) is 43.5 Å². The Morgan fingerprint density at radius 3 is 3.00 bits per heavy atom. The normalized spacial score (nSPS) is 15.1. The van der Waals surface area contributed by atoms with Crippen molar-refractivity contribution in [2.75, 3.05) is 12.3 Å². The Morgan fingerprint density at radius 1 is 1.35 bits per heavy atom. The molecule has 0 amide bonds. The summed E-state index contributed by atoms with van der Waals surface area (Å²) in [6.45, 7) is 4.66. The van der Waals surface area contributed by atoms with E-state index in [-0.39, 0.29) is 0 Å². The average molecular weight is 290 g/mol. The summed E-state index contributed by atoms with van der Waals surface area (Å²) >= 11 is 5.89. The lowest BCUT2D eigenvalue weighted by Crippen LogP contribution is -2.31. The van der Waals surface area contributed by atoms with E-state index in [9.17, 15) is 0 Å². The zero-order chi connectivity index (χ0) is 14.1. The van der Waals surface area contributed by atoms with Gasteiger partial charge in [0.25, 0.3) is 0 Å². The van der Waals surface area contributed by atoms with Crippen molar-refractivity contribution < 1.29 is 0 Å². The van der Waals surface area contributed by atoms with Gasteiger partial charge in [-0.15, -0.1) is 0 Å². The highest BCUT2D eigenvalue weighted by Gasteiger charge is 2.18. The van der Waals surface area contributed by atoms with Crippen molar-refractivity contribution in [3.8, 4) is 0 Å². The molecule has 2 N–H and O–H groups in total. The lowest BCUT2D eigenvalue weighted by Gasteiger charge is -2.28. The summed E-state index contributed by atoms with van der Waals surface area (Å²) in [5.74, 6) is 0.356. The van der Waals surface area contributed by atoms with Crippen molar-refractivity contribution in [2.45, 2.75) is 26.4 Å². The van der Waals surface area contributed by atoms with Crippen molar-refractivity contribution in [3.63, 3.8) is 0 Å². The SMILES string of the molecule is Cc1nc(Cl)ccc1CN1CCc2nc(N)ncc2C1. The Labute approximate surface area is 122 Å². The van der Waals surface area contributed by atoms with Gasteiger partial charge >= 0.3 is 0 Å². The van der Waals surface area contributed by atoms with Gasteiger partial charge in [0.05, 0.1) is 5.69 Å². The quantitative estimate of drug-likeness (QED) is 0.856. The first-order valence-electron chi connectivity index (χ1n) is 6.56. The molecule has 0 aromatic carbocycles. The maximum atomic E-state index is 5.89. The summed E-state index contributed by atoms with van der Waals surface area (Å²) in [5, 5.41) is 0.541. The lowest BCUT2D eigenvalue weighted by molar-refractivity contribution is 0.242. The summed E-state index contributed by atoms with van der Waals surface area (Å²) in [5.41, 5.74) is 10.0. The van der Waals surface area contributed by atoms with E-state index in [4.69, 9.17) is 17.3 Å². The molecule has 6 heteroatoms. The molecule has 104 valence electrons. The molecule has 0 spiro atoms. The number of anilines is 1. The fraction of sp³-hybridized carbons (Fsp3) is 0.357. The number of rotatable bonds is 2. The van der Waals surface area contributed by atoms with Gasteiger partial charge in [0.15, 0.2) is 0 Å². The molecule has 0 radical (unpaired) electrons. The molecule has 0 atom stereocenters. The topological polar surface area (TPSA) is 67.9 Å². The van der Waals surface area contributed by atoms with Gasteiger partial charge in [-0.1, -0.05) is 17.7 Å². The Kier molecular flexibility index (Phi) is 3.54. The third kappa shape index (κ3) is 2.73. The summed E-state index contributed by atoms with van der Waals surface area (Å²) in [6.07, 6.45) is 2.74. The highest BCUT2D eigenvalue weighted by Crippen LogP contribution is 2.20. The predicted octanol–water partition coefficient (Wildman–Crippen LogP) is 1.97. The molecule has 5 nitrogen and oxygen atoms in total. The number of hydrogen-bond acceptors (Lipinski definition) is 5. The number of aromatic nitrogens is 3. The van der Waals surface area contributed by atoms with Crippen LogP contribution in [0.4, 0.5) is 5.95 Å². The molecule has 1 aliphatic heterocycles. The zero-order valence-corrected chi connectivity index (χ0v) is 12.1. The van der Waals surface area contributed by atoms with E-state index in [0.717, 1.165) is 43.0 Å². The first-order valence-corrected chi connectivity index (χ1v) is 6.94. The third-order valence-electron chi connectivity index (χ3n) is 3.59. The van der Waals surface area contributed by atoms with E-state index in [1.165, 1.54) is 5.56 Å². The predicted molar refractivity (Wildman–Crippen MR) is 78.2 cm³/mol. The van der Waals surface area contributed by atoms with E-state index in [1.54, 1.807) is 0 Å². The zero-order valence-electron chi connectivity index (χ0n) is 11.3. The molecule has 2 aromatic heterocycles. The number of fused-ring (bicyclic) bond motifs is 1. The average Bonchev–Trinajstić information content (AvgIpc) is 2.42. The van der Waals surface area contributed by atoms with Gasteiger partial charge in [-0.05, 0) is 18.6 Å². The van der Waals surface area contributed by atoms with Crippen LogP contribution in [0.3, 0.4) is 0 Å². The van der Waals surface area contributed by atoms with E-state index >= 15 is 0 Å². The van der Waals surface area contributed by atoms with Crippen LogP contribution in [-0.4, -0.2) is 26.4 Å². The second kappa shape index (κ2) is 5.34. The highest BCUT2D eigenvalue weighted by atomic mass is 35.5. The summed E-state index contributed by atoms with van der Waals surface area (Å²) < 4.78 is 0. The molecular formula is C14H16ClN5. The van der Waals surface area contributed by atoms with Crippen LogP contribution in [0.1, 0.15) is 22.5 Å². The number of hydrogen-bond donors (Lipinski definition) is 1. The summed E-state index contributed by atoms with van der Waals surface area (Å²) in [4.78, 5) is 15.0. The Balaban J connectivity index is 1.75. The smallest absolute Gasteiger partial charge is 0.220 e. The molecule has 1 aliphatic rings. The largest absolute Gasteiger partial charge is 0.368 e. The van der Waals surface area contributed by atoms with Crippen molar-refractivity contribution in [1.82, 2.24) is 19.9 Å². The molecule has 2 aromatic rings. The Morgan fingerprint density at radius 2 is 2.20 bits per heavy atom. The number of pyridine rings is 1. The van der Waals surface area contributed by atoms with Crippen molar-refractivity contribution >= 4 is 17.5 Å². The van der Waals surface area contributed by atoms with Gasteiger partial charge in [-0.2, -0.15) is 0 Å². The number of aryl methyl sites for hydroxylation is 1. The van der Waals surface area contributed by atoms with Crippen LogP contribution in [0.2, 0.25) is 5.15 Å². The van der Waals surface area contributed by atoms with Crippen LogP contribution in [0.5, 0.6) is 0 Å². The third-order valence-corrected chi connectivity index (χ3v) is 3.80. The molecule has 0 fully saturated rings. The van der Waals surface area contributed by atoms with E-state index in [0.29, 0.717) is 11.1 Å². The second-order valence-electron chi connectivity index (χ2n) is 5.04. The van der Waals surface area contributed by atoms with Crippen LogP contribution in [0.25, 0.3) is 0 Å². The minimum absolute atomic E-state index is 0.356. The maximum Gasteiger partial charge on any atom is 0.220 e. The lowest BCUT2D eigenvalue weighted by atomic mass is 10.1. The first kappa shape index (κ1) is 13.3. The van der Waals surface area contributed by atoms with Gasteiger partial charge in [-0.3, -0.25) is 4.90 Å². The van der Waals surface area contributed by atoms with Gasteiger partial charge < -0.3 is 5.73 Å².